The van der Waals surface area contributed by atoms with Crippen LogP contribution in [0.3, 0.4) is 0 Å². The van der Waals surface area contributed by atoms with E-state index in [0.717, 1.165) is 50.3 Å². The second-order valence-corrected chi connectivity index (χ2v) is 6.62. The van der Waals surface area contributed by atoms with Gasteiger partial charge >= 0.3 is 0 Å². The Hall–Kier alpha value is -1.65. The number of amides is 1. The van der Waals surface area contributed by atoms with Gasteiger partial charge in [-0.15, -0.1) is 0 Å². The SMILES string of the molecule is Cc1cc(NC2CCC(C(=O)N3CCCCC3)CC2)ncn1. The van der Waals surface area contributed by atoms with Crippen LogP contribution in [0.2, 0.25) is 0 Å². The van der Waals surface area contributed by atoms with Gasteiger partial charge in [-0.2, -0.15) is 0 Å². The summed E-state index contributed by atoms with van der Waals surface area (Å²) in [6.07, 6.45) is 9.32. The molecule has 0 aromatic carbocycles. The van der Waals surface area contributed by atoms with Crippen LogP contribution in [0.25, 0.3) is 0 Å². The monoisotopic (exact) mass is 302 g/mol. The quantitative estimate of drug-likeness (QED) is 0.933. The van der Waals surface area contributed by atoms with Crippen LogP contribution < -0.4 is 5.32 Å². The Balaban J connectivity index is 1.48. The van der Waals surface area contributed by atoms with Crippen LogP contribution in [0.1, 0.15) is 50.6 Å². The summed E-state index contributed by atoms with van der Waals surface area (Å²) in [5.41, 5.74) is 0.978. The Morgan fingerprint density at radius 2 is 1.86 bits per heavy atom. The van der Waals surface area contributed by atoms with Gasteiger partial charge in [0.05, 0.1) is 0 Å². The van der Waals surface area contributed by atoms with Gasteiger partial charge in [0.1, 0.15) is 12.1 Å². The molecule has 1 aliphatic heterocycles. The van der Waals surface area contributed by atoms with Crippen LogP contribution in [0, 0.1) is 12.8 Å². The van der Waals surface area contributed by atoms with Crippen LogP contribution in [-0.2, 0) is 4.79 Å². The molecule has 1 N–H and O–H groups in total. The highest BCUT2D eigenvalue weighted by Crippen LogP contribution is 2.28. The van der Waals surface area contributed by atoms with E-state index in [9.17, 15) is 4.79 Å². The number of hydrogen-bond acceptors (Lipinski definition) is 4. The fraction of sp³-hybridized carbons (Fsp3) is 0.706. The topological polar surface area (TPSA) is 58.1 Å². The third-order valence-electron chi connectivity index (χ3n) is 4.90. The van der Waals surface area contributed by atoms with E-state index in [1.165, 1.54) is 19.3 Å². The predicted molar refractivity (Wildman–Crippen MR) is 86.6 cm³/mol. The van der Waals surface area contributed by atoms with Crippen molar-refractivity contribution in [2.24, 2.45) is 5.92 Å². The van der Waals surface area contributed by atoms with Gasteiger partial charge in [0.15, 0.2) is 0 Å². The number of piperidine rings is 1. The Kier molecular flexibility index (Phi) is 4.90. The van der Waals surface area contributed by atoms with Gasteiger partial charge in [-0.3, -0.25) is 4.79 Å². The Labute approximate surface area is 132 Å². The molecule has 2 aliphatic rings. The third kappa shape index (κ3) is 3.76. The van der Waals surface area contributed by atoms with E-state index in [1.54, 1.807) is 6.33 Å². The van der Waals surface area contributed by atoms with Crippen molar-refractivity contribution in [1.82, 2.24) is 14.9 Å². The lowest BCUT2D eigenvalue weighted by Crippen LogP contribution is -2.41. The van der Waals surface area contributed by atoms with Gasteiger partial charge in [0.2, 0.25) is 5.91 Å². The molecule has 0 bridgehead atoms. The zero-order valence-electron chi connectivity index (χ0n) is 13.4. The summed E-state index contributed by atoms with van der Waals surface area (Å²) in [4.78, 5) is 23.0. The van der Waals surface area contributed by atoms with Gasteiger partial charge in [0, 0.05) is 36.8 Å². The van der Waals surface area contributed by atoms with Crippen LogP contribution in [0.15, 0.2) is 12.4 Å². The summed E-state index contributed by atoms with van der Waals surface area (Å²) in [5.74, 6) is 1.54. The van der Waals surface area contributed by atoms with Crippen molar-refractivity contribution in [3.05, 3.63) is 18.1 Å². The number of aryl methyl sites for hydroxylation is 1. The molecule has 22 heavy (non-hydrogen) atoms. The number of nitrogens with zero attached hydrogens (tertiary/aromatic N) is 3. The lowest BCUT2D eigenvalue weighted by Gasteiger charge is -2.34. The molecule has 1 aromatic heterocycles. The second-order valence-electron chi connectivity index (χ2n) is 6.62. The summed E-state index contributed by atoms with van der Waals surface area (Å²) >= 11 is 0. The summed E-state index contributed by atoms with van der Waals surface area (Å²) in [5, 5.41) is 3.48. The molecule has 1 aliphatic carbocycles. The highest BCUT2D eigenvalue weighted by Gasteiger charge is 2.30. The maximum Gasteiger partial charge on any atom is 0.225 e. The lowest BCUT2D eigenvalue weighted by molar-refractivity contribution is -0.137. The van der Waals surface area contributed by atoms with E-state index in [1.807, 2.05) is 13.0 Å². The standard InChI is InChI=1S/C17H26N4O/c1-13-11-16(19-12-18-13)20-15-7-5-14(6-8-15)17(22)21-9-3-2-4-10-21/h11-12,14-15H,2-10H2,1H3,(H,18,19,20). The fourth-order valence-electron chi connectivity index (χ4n) is 3.60. The zero-order chi connectivity index (χ0) is 15.4. The molecule has 0 radical (unpaired) electrons. The molecule has 0 spiro atoms. The first-order chi connectivity index (χ1) is 10.7. The van der Waals surface area contributed by atoms with E-state index in [2.05, 4.69) is 20.2 Å². The van der Waals surface area contributed by atoms with Crippen LogP contribution in [0.5, 0.6) is 0 Å². The van der Waals surface area contributed by atoms with Crippen LogP contribution >= 0.6 is 0 Å². The van der Waals surface area contributed by atoms with Crippen molar-refractivity contribution >= 4 is 11.7 Å². The number of anilines is 1. The number of rotatable bonds is 3. The van der Waals surface area contributed by atoms with Crippen molar-refractivity contribution < 1.29 is 4.79 Å². The molecule has 0 unspecified atom stereocenters. The number of carbonyl (C=O) groups excluding carboxylic acids is 1. The molecule has 1 saturated carbocycles. The van der Waals surface area contributed by atoms with Gasteiger partial charge in [-0.05, 0) is 51.9 Å². The Bertz CT molecular complexity index is 505. The molecule has 3 rings (SSSR count). The zero-order valence-corrected chi connectivity index (χ0v) is 13.4. The van der Waals surface area contributed by atoms with Crippen molar-refractivity contribution in [1.29, 1.82) is 0 Å². The Morgan fingerprint density at radius 1 is 1.14 bits per heavy atom. The number of likely N-dealkylation sites (tertiary alicyclic amines) is 1. The highest BCUT2D eigenvalue weighted by molar-refractivity contribution is 5.79. The molecule has 0 atom stereocenters. The maximum absolute atomic E-state index is 12.5. The summed E-state index contributed by atoms with van der Waals surface area (Å²) in [6.45, 7) is 3.91. The average Bonchev–Trinajstić information content (AvgIpc) is 2.56. The van der Waals surface area contributed by atoms with E-state index in [-0.39, 0.29) is 5.92 Å². The first-order valence-electron chi connectivity index (χ1n) is 8.56. The van der Waals surface area contributed by atoms with Crippen molar-refractivity contribution in [2.75, 3.05) is 18.4 Å². The van der Waals surface area contributed by atoms with Crippen LogP contribution in [0.4, 0.5) is 5.82 Å². The average molecular weight is 302 g/mol. The van der Waals surface area contributed by atoms with E-state index in [0.29, 0.717) is 11.9 Å². The molecule has 120 valence electrons. The van der Waals surface area contributed by atoms with E-state index >= 15 is 0 Å². The predicted octanol–water partition coefficient (Wildman–Crippen LogP) is 2.77. The van der Waals surface area contributed by atoms with Crippen molar-refractivity contribution in [3.8, 4) is 0 Å². The van der Waals surface area contributed by atoms with Gasteiger partial charge in [-0.25, -0.2) is 9.97 Å². The molecule has 5 heteroatoms. The molecule has 2 heterocycles. The van der Waals surface area contributed by atoms with Gasteiger partial charge < -0.3 is 10.2 Å². The lowest BCUT2D eigenvalue weighted by atomic mass is 9.85. The first kappa shape index (κ1) is 15.3. The van der Waals surface area contributed by atoms with E-state index in [4.69, 9.17) is 0 Å². The number of nitrogens with one attached hydrogen (secondary N) is 1. The minimum atomic E-state index is 0.239. The highest BCUT2D eigenvalue weighted by atomic mass is 16.2. The van der Waals surface area contributed by atoms with Gasteiger partial charge in [0.25, 0.3) is 0 Å². The van der Waals surface area contributed by atoms with E-state index < -0.39 is 0 Å². The van der Waals surface area contributed by atoms with Crippen LogP contribution in [-0.4, -0.2) is 39.9 Å². The molecule has 1 saturated heterocycles. The van der Waals surface area contributed by atoms with Crippen molar-refractivity contribution in [3.63, 3.8) is 0 Å². The summed E-state index contributed by atoms with van der Waals surface area (Å²) < 4.78 is 0. The largest absolute Gasteiger partial charge is 0.367 e. The minimum Gasteiger partial charge on any atom is -0.367 e. The fourth-order valence-corrected chi connectivity index (χ4v) is 3.60. The third-order valence-corrected chi connectivity index (χ3v) is 4.90. The normalized spacial score (nSPS) is 25.8. The number of hydrogen-bond donors (Lipinski definition) is 1. The molecule has 1 aromatic rings. The first-order valence-corrected chi connectivity index (χ1v) is 8.56. The number of carbonyl (C=O) groups is 1. The number of aromatic nitrogens is 2. The molecule has 2 fully saturated rings. The molecular weight excluding hydrogens is 276 g/mol. The molecule has 1 amide bonds. The summed E-state index contributed by atoms with van der Waals surface area (Å²) in [7, 11) is 0. The second kappa shape index (κ2) is 7.07. The molecular formula is C17H26N4O. The van der Waals surface area contributed by atoms with Crippen molar-refractivity contribution in [2.45, 2.75) is 57.9 Å². The maximum atomic E-state index is 12.5. The smallest absolute Gasteiger partial charge is 0.225 e. The summed E-state index contributed by atoms with van der Waals surface area (Å²) in [6, 6.07) is 2.41. The molecule has 5 nitrogen and oxygen atoms in total. The minimum absolute atomic E-state index is 0.239. The van der Waals surface area contributed by atoms with Gasteiger partial charge in [-0.1, -0.05) is 0 Å². The Morgan fingerprint density at radius 3 is 2.55 bits per heavy atom.